The van der Waals surface area contributed by atoms with Gasteiger partial charge >= 0.3 is 0 Å². The van der Waals surface area contributed by atoms with Crippen molar-refractivity contribution in [3.63, 3.8) is 0 Å². The van der Waals surface area contributed by atoms with Gasteiger partial charge in [-0.25, -0.2) is 0 Å². The van der Waals surface area contributed by atoms with Gasteiger partial charge in [0, 0.05) is 9.79 Å². The first kappa shape index (κ1) is 20.0. The second-order valence-electron chi connectivity index (χ2n) is 7.87. The van der Waals surface area contributed by atoms with E-state index in [2.05, 4.69) is 48.5 Å². The predicted octanol–water partition coefficient (Wildman–Crippen LogP) is 7.91. The smallest absolute Gasteiger partial charge is 0.119 e. The Morgan fingerprint density at radius 1 is 0.500 bits per heavy atom. The van der Waals surface area contributed by atoms with E-state index in [4.69, 9.17) is 9.47 Å². The van der Waals surface area contributed by atoms with Gasteiger partial charge in [-0.15, -0.1) is 0 Å². The summed E-state index contributed by atoms with van der Waals surface area (Å²) in [5.74, 6) is 2.01. The third-order valence-electron chi connectivity index (χ3n) is 5.59. The molecule has 0 unspecified atom stereocenters. The lowest BCUT2D eigenvalue weighted by Gasteiger charge is -2.23. The van der Waals surface area contributed by atoms with Crippen molar-refractivity contribution in [2.75, 3.05) is 0 Å². The largest absolute Gasteiger partial charge is 0.490 e. The summed E-state index contributed by atoms with van der Waals surface area (Å²) in [6.07, 6.45) is 13.6. The first-order valence-corrected chi connectivity index (χ1v) is 12.9. The molecule has 2 aliphatic rings. The van der Waals surface area contributed by atoms with Crippen LogP contribution in [0.25, 0.3) is 0 Å². The molecule has 0 heterocycles. The summed E-state index contributed by atoms with van der Waals surface area (Å²) < 4.78 is 12.2. The van der Waals surface area contributed by atoms with Gasteiger partial charge in [-0.2, -0.15) is 0 Å². The van der Waals surface area contributed by atoms with E-state index in [0.29, 0.717) is 12.2 Å². The van der Waals surface area contributed by atoms with Crippen molar-refractivity contribution in [3.05, 3.63) is 48.5 Å². The number of hydrogen-bond donors (Lipinski definition) is 0. The van der Waals surface area contributed by atoms with Gasteiger partial charge in [0.05, 0.1) is 12.2 Å². The average molecular weight is 415 g/mol. The minimum atomic E-state index is 0.413. The van der Waals surface area contributed by atoms with Crippen molar-refractivity contribution in [2.24, 2.45) is 0 Å². The maximum absolute atomic E-state index is 6.12. The monoisotopic (exact) mass is 414 g/mol. The van der Waals surface area contributed by atoms with Crippen molar-refractivity contribution >= 4 is 21.6 Å². The molecule has 0 aromatic heterocycles. The molecular weight excluding hydrogens is 384 g/mol. The molecule has 0 spiro atoms. The van der Waals surface area contributed by atoms with Gasteiger partial charge in [-0.3, -0.25) is 0 Å². The van der Waals surface area contributed by atoms with Crippen LogP contribution in [0.1, 0.15) is 64.2 Å². The third kappa shape index (κ3) is 6.12. The predicted molar refractivity (Wildman–Crippen MR) is 120 cm³/mol. The van der Waals surface area contributed by atoms with Crippen LogP contribution in [0.15, 0.2) is 58.3 Å². The second-order valence-corrected chi connectivity index (χ2v) is 10.1. The van der Waals surface area contributed by atoms with Crippen LogP contribution < -0.4 is 9.47 Å². The number of hydrogen-bond acceptors (Lipinski definition) is 4. The average Bonchev–Trinajstić information content (AvgIpc) is 2.76. The molecule has 150 valence electrons. The summed E-state index contributed by atoms with van der Waals surface area (Å²) in [6, 6.07) is 17.1. The maximum atomic E-state index is 6.12. The van der Waals surface area contributed by atoms with Crippen molar-refractivity contribution in [1.29, 1.82) is 0 Å². The summed E-state index contributed by atoms with van der Waals surface area (Å²) in [5, 5.41) is 0. The van der Waals surface area contributed by atoms with Gasteiger partial charge < -0.3 is 9.47 Å². The molecule has 0 amide bonds. The van der Waals surface area contributed by atoms with Crippen molar-refractivity contribution in [3.8, 4) is 11.5 Å². The minimum absolute atomic E-state index is 0.413. The Hall–Kier alpha value is -1.26. The van der Waals surface area contributed by atoms with Gasteiger partial charge in [0.25, 0.3) is 0 Å². The molecule has 2 nitrogen and oxygen atoms in total. The fourth-order valence-electron chi connectivity index (χ4n) is 3.99. The Labute approximate surface area is 177 Å². The normalized spacial score (nSPS) is 18.7. The molecule has 0 saturated heterocycles. The van der Waals surface area contributed by atoms with Crippen molar-refractivity contribution in [1.82, 2.24) is 0 Å². The fourth-order valence-corrected chi connectivity index (χ4v) is 5.93. The van der Waals surface area contributed by atoms with Crippen LogP contribution in [-0.4, -0.2) is 12.2 Å². The van der Waals surface area contributed by atoms with Gasteiger partial charge in [0.2, 0.25) is 0 Å². The van der Waals surface area contributed by atoms with E-state index in [-0.39, 0.29) is 0 Å². The van der Waals surface area contributed by atoms with Crippen LogP contribution in [0.4, 0.5) is 0 Å². The maximum Gasteiger partial charge on any atom is 0.119 e. The van der Waals surface area contributed by atoms with Crippen LogP contribution in [-0.2, 0) is 0 Å². The highest BCUT2D eigenvalue weighted by molar-refractivity contribution is 8.76. The van der Waals surface area contributed by atoms with Crippen molar-refractivity contribution in [2.45, 2.75) is 86.2 Å². The molecule has 2 aromatic carbocycles. The summed E-state index contributed by atoms with van der Waals surface area (Å²) >= 11 is 0. The van der Waals surface area contributed by atoms with E-state index in [1.807, 2.05) is 0 Å². The molecule has 4 heteroatoms. The molecule has 0 aliphatic heterocycles. The molecule has 4 rings (SSSR count). The Morgan fingerprint density at radius 2 is 0.857 bits per heavy atom. The van der Waals surface area contributed by atoms with Crippen LogP contribution in [0.2, 0.25) is 0 Å². The summed E-state index contributed by atoms with van der Waals surface area (Å²) in [7, 11) is 3.58. The SMILES string of the molecule is c1cc(SSc2ccc(OC3CCCCC3)cc2)ccc1OC1CCCCC1. The Kier molecular flexibility index (Phi) is 7.51. The topological polar surface area (TPSA) is 18.5 Å². The van der Waals surface area contributed by atoms with Gasteiger partial charge in [0.1, 0.15) is 11.5 Å². The first-order chi connectivity index (χ1) is 13.8. The molecule has 0 N–H and O–H groups in total. The standard InChI is InChI=1S/C24H30O2S2/c1-3-7-19(8-4-1)25-21-11-15-23(16-12-21)27-28-24-17-13-22(14-18-24)26-20-9-5-2-6-10-20/h11-20H,1-10H2. The Morgan fingerprint density at radius 3 is 1.21 bits per heavy atom. The van der Waals surface area contributed by atoms with E-state index in [9.17, 15) is 0 Å². The zero-order chi connectivity index (χ0) is 19.0. The zero-order valence-corrected chi connectivity index (χ0v) is 18.1. The van der Waals surface area contributed by atoms with E-state index in [0.717, 1.165) is 11.5 Å². The molecule has 0 radical (unpaired) electrons. The molecule has 2 fully saturated rings. The fraction of sp³-hybridized carbons (Fsp3) is 0.500. The van der Waals surface area contributed by atoms with Crippen LogP contribution in [0.5, 0.6) is 11.5 Å². The molecule has 0 bridgehead atoms. The highest BCUT2D eigenvalue weighted by atomic mass is 33.1. The van der Waals surface area contributed by atoms with Crippen LogP contribution in [0, 0.1) is 0 Å². The molecule has 2 aromatic rings. The highest BCUT2D eigenvalue weighted by Gasteiger charge is 2.15. The van der Waals surface area contributed by atoms with Gasteiger partial charge in [-0.1, -0.05) is 34.4 Å². The van der Waals surface area contributed by atoms with E-state index in [1.54, 1.807) is 21.6 Å². The lowest BCUT2D eigenvalue weighted by atomic mass is 9.98. The molecular formula is C24H30O2S2. The van der Waals surface area contributed by atoms with Crippen LogP contribution >= 0.6 is 21.6 Å². The van der Waals surface area contributed by atoms with Gasteiger partial charge in [0.15, 0.2) is 0 Å². The van der Waals surface area contributed by atoms with Crippen molar-refractivity contribution < 1.29 is 9.47 Å². The summed E-state index contributed by atoms with van der Waals surface area (Å²) in [6.45, 7) is 0. The Balaban J connectivity index is 1.23. The first-order valence-electron chi connectivity index (χ1n) is 10.7. The lowest BCUT2D eigenvalue weighted by Crippen LogP contribution is -2.19. The van der Waals surface area contributed by atoms with E-state index in [1.165, 1.54) is 74.0 Å². The van der Waals surface area contributed by atoms with Gasteiger partial charge in [-0.05, 0) is 99.9 Å². The van der Waals surface area contributed by atoms with E-state index >= 15 is 0 Å². The summed E-state index contributed by atoms with van der Waals surface area (Å²) in [5.41, 5.74) is 0. The lowest BCUT2D eigenvalue weighted by molar-refractivity contribution is 0.154. The van der Waals surface area contributed by atoms with Crippen LogP contribution in [0.3, 0.4) is 0 Å². The minimum Gasteiger partial charge on any atom is -0.490 e. The third-order valence-corrected chi connectivity index (χ3v) is 8.01. The quantitative estimate of drug-likeness (QED) is 0.428. The second kappa shape index (κ2) is 10.5. The number of benzene rings is 2. The number of rotatable bonds is 7. The molecule has 0 atom stereocenters. The zero-order valence-electron chi connectivity index (χ0n) is 16.5. The molecule has 2 saturated carbocycles. The van der Waals surface area contributed by atoms with E-state index < -0.39 is 0 Å². The Bertz CT molecular complexity index is 639. The molecule has 2 aliphatic carbocycles. The summed E-state index contributed by atoms with van der Waals surface area (Å²) in [4.78, 5) is 2.51. The number of ether oxygens (including phenoxy) is 2. The molecule has 28 heavy (non-hydrogen) atoms. The highest BCUT2D eigenvalue weighted by Crippen LogP contribution is 2.38.